The van der Waals surface area contributed by atoms with Crippen LogP contribution in [-0.4, -0.2) is 15.8 Å². The molecule has 0 fully saturated rings. The second kappa shape index (κ2) is 8.04. The van der Waals surface area contributed by atoms with Crippen molar-refractivity contribution in [2.45, 2.75) is 20.4 Å². The van der Waals surface area contributed by atoms with Crippen molar-refractivity contribution in [3.8, 4) is 0 Å². The van der Waals surface area contributed by atoms with Crippen LogP contribution < -0.4 is 4.90 Å². The molecular formula is C23H19N3O3S. The van der Waals surface area contributed by atoms with Crippen LogP contribution >= 0.6 is 11.3 Å². The van der Waals surface area contributed by atoms with Gasteiger partial charge in [-0.05, 0) is 48.7 Å². The molecule has 1 heterocycles. The molecule has 0 atom stereocenters. The Morgan fingerprint density at radius 3 is 2.43 bits per heavy atom. The molecule has 4 rings (SSSR count). The number of nitro benzene ring substituents is 1. The standard InChI is InChI=1S/C23H19N3O3S/c1-15-12-16(2)21-20(13-15)24-23(30-21)25(14-17-6-4-3-5-7-17)22(27)18-8-10-19(11-9-18)26(28)29/h3-13H,14H2,1-2H3. The molecule has 1 amide bonds. The zero-order valence-corrected chi connectivity index (χ0v) is 17.3. The lowest BCUT2D eigenvalue weighted by Crippen LogP contribution is -2.30. The highest BCUT2D eigenvalue weighted by Crippen LogP contribution is 2.33. The normalized spacial score (nSPS) is 10.9. The Bertz CT molecular complexity index is 1230. The smallest absolute Gasteiger partial charge is 0.269 e. The van der Waals surface area contributed by atoms with E-state index in [0.29, 0.717) is 17.2 Å². The molecule has 0 spiro atoms. The van der Waals surface area contributed by atoms with Gasteiger partial charge in [-0.25, -0.2) is 4.98 Å². The van der Waals surface area contributed by atoms with Crippen molar-refractivity contribution in [3.63, 3.8) is 0 Å². The van der Waals surface area contributed by atoms with E-state index in [9.17, 15) is 14.9 Å². The van der Waals surface area contributed by atoms with Gasteiger partial charge in [0.2, 0.25) is 0 Å². The van der Waals surface area contributed by atoms with E-state index in [2.05, 4.69) is 6.07 Å². The fourth-order valence-corrected chi connectivity index (χ4v) is 4.37. The maximum Gasteiger partial charge on any atom is 0.269 e. The molecule has 0 N–H and O–H groups in total. The van der Waals surface area contributed by atoms with Crippen molar-refractivity contribution in [1.29, 1.82) is 0 Å². The molecule has 150 valence electrons. The number of hydrogen-bond acceptors (Lipinski definition) is 5. The highest BCUT2D eigenvalue weighted by atomic mass is 32.1. The quantitative estimate of drug-likeness (QED) is 0.310. The molecule has 1 aromatic heterocycles. The number of anilines is 1. The Hall–Kier alpha value is -3.58. The van der Waals surface area contributed by atoms with E-state index in [1.807, 2.05) is 50.2 Å². The van der Waals surface area contributed by atoms with Crippen molar-refractivity contribution in [2.24, 2.45) is 0 Å². The Balaban J connectivity index is 1.77. The van der Waals surface area contributed by atoms with Crippen LogP contribution in [0.2, 0.25) is 0 Å². The van der Waals surface area contributed by atoms with Gasteiger partial charge in [-0.2, -0.15) is 0 Å². The fourth-order valence-electron chi connectivity index (χ4n) is 3.35. The van der Waals surface area contributed by atoms with Crippen molar-refractivity contribution in [1.82, 2.24) is 4.98 Å². The third-order valence-electron chi connectivity index (χ3n) is 4.79. The van der Waals surface area contributed by atoms with E-state index in [1.54, 1.807) is 4.90 Å². The minimum absolute atomic E-state index is 0.0488. The Morgan fingerprint density at radius 1 is 1.07 bits per heavy atom. The number of rotatable bonds is 5. The summed E-state index contributed by atoms with van der Waals surface area (Å²) in [7, 11) is 0. The second-order valence-corrected chi connectivity index (χ2v) is 8.08. The second-order valence-electron chi connectivity index (χ2n) is 7.11. The van der Waals surface area contributed by atoms with Crippen LogP contribution in [0.25, 0.3) is 10.2 Å². The Labute approximate surface area is 177 Å². The summed E-state index contributed by atoms with van der Waals surface area (Å²) < 4.78 is 1.05. The number of aryl methyl sites for hydroxylation is 2. The number of nitro groups is 1. The molecular weight excluding hydrogens is 398 g/mol. The molecule has 3 aromatic carbocycles. The molecule has 6 nitrogen and oxygen atoms in total. The first-order chi connectivity index (χ1) is 14.4. The zero-order valence-electron chi connectivity index (χ0n) is 16.5. The number of amides is 1. The van der Waals surface area contributed by atoms with Crippen molar-refractivity contribution in [2.75, 3.05) is 4.90 Å². The van der Waals surface area contributed by atoms with Gasteiger partial charge in [-0.3, -0.25) is 19.8 Å². The average molecular weight is 417 g/mol. The van der Waals surface area contributed by atoms with E-state index in [0.717, 1.165) is 26.9 Å². The number of aromatic nitrogens is 1. The van der Waals surface area contributed by atoms with Gasteiger partial charge in [-0.1, -0.05) is 47.7 Å². The summed E-state index contributed by atoms with van der Waals surface area (Å²) in [4.78, 5) is 30.2. The highest BCUT2D eigenvalue weighted by molar-refractivity contribution is 7.22. The monoisotopic (exact) mass is 417 g/mol. The lowest BCUT2D eigenvalue weighted by atomic mass is 10.1. The average Bonchev–Trinajstić information content (AvgIpc) is 3.16. The predicted octanol–water partition coefficient (Wildman–Crippen LogP) is 5.67. The molecule has 0 aliphatic rings. The van der Waals surface area contributed by atoms with Gasteiger partial charge in [0, 0.05) is 17.7 Å². The number of carbonyl (C=O) groups excluding carboxylic acids is 1. The molecule has 0 bridgehead atoms. The van der Waals surface area contributed by atoms with Gasteiger partial charge in [0.15, 0.2) is 5.13 Å². The summed E-state index contributed by atoms with van der Waals surface area (Å²) in [6.07, 6.45) is 0. The summed E-state index contributed by atoms with van der Waals surface area (Å²) in [5.74, 6) is -0.248. The van der Waals surface area contributed by atoms with Crippen LogP contribution in [0.15, 0.2) is 66.7 Å². The summed E-state index contributed by atoms with van der Waals surface area (Å²) in [6.45, 7) is 4.42. The van der Waals surface area contributed by atoms with Gasteiger partial charge < -0.3 is 0 Å². The number of non-ortho nitro benzene ring substituents is 1. The first-order valence-electron chi connectivity index (χ1n) is 9.40. The molecule has 0 radical (unpaired) electrons. The summed E-state index contributed by atoms with van der Waals surface area (Å²) in [6, 6.07) is 19.5. The first kappa shape index (κ1) is 19.7. The third-order valence-corrected chi connectivity index (χ3v) is 6.02. The van der Waals surface area contributed by atoms with Gasteiger partial charge in [0.25, 0.3) is 11.6 Å². The lowest BCUT2D eigenvalue weighted by Gasteiger charge is -2.20. The van der Waals surface area contributed by atoms with E-state index in [-0.39, 0.29) is 11.6 Å². The van der Waals surface area contributed by atoms with Crippen LogP contribution in [0.1, 0.15) is 27.0 Å². The number of fused-ring (bicyclic) bond motifs is 1. The lowest BCUT2D eigenvalue weighted by molar-refractivity contribution is -0.384. The maximum atomic E-state index is 13.4. The van der Waals surface area contributed by atoms with Gasteiger partial charge in [-0.15, -0.1) is 0 Å². The molecule has 0 aliphatic heterocycles. The molecule has 4 aromatic rings. The van der Waals surface area contributed by atoms with Gasteiger partial charge in [0.05, 0.1) is 21.7 Å². The number of hydrogen-bond donors (Lipinski definition) is 0. The van der Waals surface area contributed by atoms with Gasteiger partial charge in [0.1, 0.15) is 0 Å². The number of benzene rings is 3. The van der Waals surface area contributed by atoms with Crippen LogP contribution in [0.3, 0.4) is 0 Å². The van der Waals surface area contributed by atoms with E-state index < -0.39 is 4.92 Å². The maximum absolute atomic E-state index is 13.4. The largest absolute Gasteiger partial charge is 0.279 e. The number of carbonyl (C=O) groups is 1. The molecule has 0 saturated carbocycles. The predicted molar refractivity (Wildman–Crippen MR) is 119 cm³/mol. The molecule has 0 aliphatic carbocycles. The summed E-state index contributed by atoms with van der Waals surface area (Å²) in [5.41, 5.74) is 4.40. The molecule has 0 unspecified atom stereocenters. The zero-order chi connectivity index (χ0) is 21.3. The van der Waals surface area contributed by atoms with Crippen LogP contribution in [0, 0.1) is 24.0 Å². The van der Waals surface area contributed by atoms with Crippen LogP contribution in [0.4, 0.5) is 10.8 Å². The first-order valence-corrected chi connectivity index (χ1v) is 10.2. The third kappa shape index (κ3) is 3.92. The fraction of sp³-hybridized carbons (Fsp3) is 0.130. The van der Waals surface area contributed by atoms with Crippen molar-refractivity contribution < 1.29 is 9.72 Å². The van der Waals surface area contributed by atoms with E-state index in [1.165, 1.54) is 35.6 Å². The molecule has 7 heteroatoms. The minimum atomic E-state index is -0.478. The Kier molecular flexibility index (Phi) is 5.29. The minimum Gasteiger partial charge on any atom is -0.279 e. The van der Waals surface area contributed by atoms with Crippen LogP contribution in [0.5, 0.6) is 0 Å². The van der Waals surface area contributed by atoms with E-state index in [4.69, 9.17) is 4.98 Å². The van der Waals surface area contributed by atoms with Gasteiger partial charge >= 0.3 is 0 Å². The Morgan fingerprint density at radius 2 is 1.77 bits per heavy atom. The number of thiazole rings is 1. The SMILES string of the molecule is Cc1cc(C)c2sc(N(Cc3ccccc3)C(=O)c3ccc([N+](=O)[O-])cc3)nc2c1. The summed E-state index contributed by atoms with van der Waals surface area (Å²) >= 11 is 1.48. The van der Waals surface area contributed by atoms with Crippen molar-refractivity contribution >= 4 is 38.3 Å². The number of nitrogens with zero attached hydrogens (tertiary/aromatic N) is 3. The molecule has 0 saturated heterocycles. The van der Waals surface area contributed by atoms with E-state index >= 15 is 0 Å². The topological polar surface area (TPSA) is 76.3 Å². The molecule has 30 heavy (non-hydrogen) atoms. The van der Waals surface area contributed by atoms with Crippen molar-refractivity contribution in [3.05, 3.63) is 99.1 Å². The summed E-state index contributed by atoms with van der Waals surface area (Å²) in [5, 5.41) is 11.5. The van der Waals surface area contributed by atoms with Crippen LogP contribution in [-0.2, 0) is 6.54 Å². The highest BCUT2D eigenvalue weighted by Gasteiger charge is 2.23.